The van der Waals surface area contributed by atoms with Gasteiger partial charge in [0.25, 0.3) is 5.91 Å². The van der Waals surface area contributed by atoms with E-state index in [-0.39, 0.29) is 18.3 Å². The van der Waals surface area contributed by atoms with Crippen LogP contribution in [0.15, 0.2) is 24.4 Å². The Morgan fingerprint density at radius 3 is 2.78 bits per heavy atom. The quantitative estimate of drug-likeness (QED) is 0.466. The van der Waals surface area contributed by atoms with Crippen molar-refractivity contribution in [2.75, 3.05) is 51.4 Å². The summed E-state index contributed by atoms with van der Waals surface area (Å²) in [4.78, 5) is 22.2. The first-order valence-electron chi connectivity index (χ1n) is 10.4. The van der Waals surface area contributed by atoms with Crippen molar-refractivity contribution >= 4 is 56.6 Å². The molecule has 174 valence electrons. The lowest BCUT2D eigenvalue weighted by molar-refractivity contribution is 0.0376. The maximum absolute atomic E-state index is 13.4. The number of thiazole rings is 1. The van der Waals surface area contributed by atoms with Crippen LogP contribution in [0.25, 0.3) is 10.2 Å². The fourth-order valence-electron chi connectivity index (χ4n) is 3.57. The van der Waals surface area contributed by atoms with Gasteiger partial charge in [-0.3, -0.25) is 19.3 Å². The van der Waals surface area contributed by atoms with Gasteiger partial charge in [-0.15, -0.1) is 12.4 Å². The number of hydrogen-bond donors (Lipinski definition) is 0. The SMILES string of the molecule is CCn1ccc(C(=O)N(CCCN2CCOCC2)c2nc3c(OC)ccc(Cl)c3s2)n1.Cl. The molecule has 3 aromatic rings. The third-order valence-corrected chi connectivity index (χ3v) is 6.83. The predicted octanol–water partition coefficient (Wildman–Crippen LogP) is 3.97. The summed E-state index contributed by atoms with van der Waals surface area (Å²) in [5.74, 6) is 0.473. The van der Waals surface area contributed by atoms with Crippen LogP contribution >= 0.6 is 35.3 Å². The van der Waals surface area contributed by atoms with Crippen molar-refractivity contribution in [2.24, 2.45) is 0 Å². The lowest BCUT2D eigenvalue weighted by Gasteiger charge is -2.27. The van der Waals surface area contributed by atoms with E-state index >= 15 is 0 Å². The molecule has 0 unspecified atom stereocenters. The summed E-state index contributed by atoms with van der Waals surface area (Å²) < 4.78 is 13.4. The van der Waals surface area contributed by atoms with E-state index in [1.54, 1.807) is 34.9 Å². The van der Waals surface area contributed by atoms with Gasteiger partial charge in [0.2, 0.25) is 0 Å². The zero-order valence-corrected chi connectivity index (χ0v) is 20.5. The summed E-state index contributed by atoms with van der Waals surface area (Å²) in [7, 11) is 1.60. The normalized spacial score (nSPS) is 14.3. The van der Waals surface area contributed by atoms with Gasteiger partial charge in [-0.1, -0.05) is 22.9 Å². The third-order valence-electron chi connectivity index (χ3n) is 5.29. The Morgan fingerprint density at radius 2 is 2.09 bits per heavy atom. The van der Waals surface area contributed by atoms with E-state index in [0.29, 0.717) is 40.2 Å². The Labute approximate surface area is 202 Å². The fourth-order valence-corrected chi connectivity index (χ4v) is 4.85. The van der Waals surface area contributed by atoms with Crippen molar-refractivity contribution in [1.82, 2.24) is 19.7 Å². The van der Waals surface area contributed by atoms with Gasteiger partial charge in [0.05, 0.1) is 30.0 Å². The van der Waals surface area contributed by atoms with Crippen molar-refractivity contribution in [3.8, 4) is 5.75 Å². The lowest BCUT2D eigenvalue weighted by Crippen LogP contribution is -2.39. The third kappa shape index (κ3) is 5.35. The number of halogens is 2. The first-order valence-corrected chi connectivity index (χ1v) is 11.6. The van der Waals surface area contributed by atoms with Gasteiger partial charge >= 0.3 is 0 Å². The number of carbonyl (C=O) groups excluding carboxylic acids is 1. The molecule has 8 nitrogen and oxygen atoms in total. The molecule has 1 aliphatic rings. The maximum Gasteiger partial charge on any atom is 0.280 e. The summed E-state index contributed by atoms with van der Waals surface area (Å²) >= 11 is 7.80. The van der Waals surface area contributed by atoms with E-state index in [0.717, 1.165) is 44.0 Å². The number of morpholine rings is 1. The van der Waals surface area contributed by atoms with Gasteiger partial charge in [0, 0.05) is 38.9 Å². The Balaban J connectivity index is 0.00000289. The van der Waals surface area contributed by atoms with E-state index in [1.807, 2.05) is 13.1 Å². The molecule has 0 saturated carbocycles. The number of rotatable bonds is 8. The van der Waals surface area contributed by atoms with Crippen molar-refractivity contribution in [1.29, 1.82) is 0 Å². The first kappa shape index (κ1) is 24.7. The summed E-state index contributed by atoms with van der Waals surface area (Å²) in [6.45, 7) is 7.48. The average Bonchev–Trinajstić information content (AvgIpc) is 3.45. The standard InChI is InChI=1S/C21H26ClN5O3S.ClH/c1-3-26-10-7-16(24-26)20(28)27(9-4-8-25-11-13-30-14-12-25)21-23-18-17(29-2)6-5-15(22)19(18)31-21;/h5-7,10H,3-4,8-9,11-14H2,1-2H3;1H. The highest BCUT2D eigenvalue weighted by molar-refractivity contribution is 7.23. The Morgan fingerprint density at radius 1 is 1.31 bits per heavy atom. The number of aromatic nitrogens is 3. The van der Waals surface area contributed by atoms with Crippen molar-refractivity contribution in [3.63, 3.8) is 0 Å². The lowest BCUT2D eigenvalue weighted by atomic mass is 10.3. The topological polar surface area (TPSA) is 72.7 Å². The average molecular weight is 500 g/mol. The smallest absolute Gasteiger partial charge is 0.280 e. The van der Waals surface area contributed by atoms with Crippen LogP contribution in [-0.4, -0.2) is 72.1 Å². The molecule has 1 amide bonds. The van der Waals surface area contributed by atoms with Crippen LogP contribution in [0.2, 0.25) is 5.02 Å². The summed E-state index contributed by atoms with van der Waals surface area (Å²) in [5.41, 5.74) is 1.07. The molecular weight excluding hydrogens is 473 g/mol. The molecular formula is C21H27Cl2N5O3S. The molecule has 11 heteroatoms. The van der Waals surface area contributed by atoms with Crippen molar-refractivity contribution in [2.45, 2.75) is 19.9 Å². The van der Waals surface area contributed by atoms with Gasteiger partial charge in [-0.05, 0) is 31.5 Å². The molecule has 1 aliphatic heterocycles. The van der Waals surface area contributed by atoms with Crippen LogP contribution < -0.4 is 9.64 Å². The largest absolute Gasteiger partial charge is 0.494 e. The number of benzene rings is 1. The Hall–Kier alpha value is -1.91. The minimum Gasteiger partial charge on any atom is -0.494 e. The summed E-state index contributed by atoms with van der Waals surface area (Å²) in [6.07, 6.45) is 2.64. The maximum atomic E-state index is 13.4. The highest BCUT2D eigenvalue weighted by Gasteiger charge is 2.25. The van der Waals surface area contributed by atoms with E-state index < -0.39 is 0 Å². The van der Waals surface area contributed by atoms with Crippen LogP contribution in [0.4, 0.5) is 5.13 Å². The Kier molecular flexibility index (Phi) is 8.72. The number of amides is 1. The van der Waals surface area contributed by atoms with E-state index in [4.69, 9.17) is 26.1 Å². The number of carbonyl (C=O) groups is 1. The monoisotopic (exact) mass is 499 g/mol. The molecule has 0 aliphatic carbocycles. The van der Waals surface area contributed by atoms with Crippen molar-refractivity contribution < 1.29 is 14.3 Å². The van der Waals surface area contributed by atoms with E-state index in [1.165, 1.54) is 11.3 Å². The number of hydrogen-bond acceptors (Lipinski definition) is 7. The summed E-state index contributed by atoms with van der Waals surface area (Å²) in [5, 5.41) is 5.59. The number of methoxy groups -OCH3 is 1. The molecule has 0 atom stereocenters. The van der Waals surface area contributed by atoms with Crippen LogP contribution in [-0.2, 0) is 11.3 Å². The second-order valence-electron chi connectivity index (χ2n) is 7.24. The second-order valence-corrected chi connectivity index (χ2v) is 8.63. The zero-order chi connectivity index (χ0) is 21.8. The van der Waals surface area contributed by atoms with Crippen LogP contribution in [0, 0.1) is 0 Å². The van der Waals surface area contributed by atoms with Gasteiger partial charge in [0.15, 0.2) is 10.8 Å². The summed E-state index contributed by atoms with van der Waals surface area (Å²) in [6, 6.07) is 5.33. The molecule has 0 bridgehead atoms. The molecule has 0 radical (unpaired) electrons. The van der Waals surface area contributed by atoms with Gasteiger partial charge in [-0.2, -0.15) is 5.10 Å². The van der Waals surface area contributed by atoms with Gasteiger partial charge in [-0.25, -0.2) is 4.98 Å². The predicted molar refractivity (Wildman–Crippen MR) is 130 cm³/mol. The van der Waals surface area contributed by atoms with E-state index in [9.17, 15) is 4.79 Å². The first-order chi connectivity index (χ1) is 15.1. The molecule has 32 heavy (non-hydrogen) atoms. The van der Waals surface area contributed by atoms with Gasteiger partial charge < -0.3 is 9.47 Å². The molecule has 1 aromatic carbocycles. The number of aryl methyl sites for hydroxylation is 1. The highest BCUT2D eigenvalue weighted by atomic mass is 35.5. The molecule has 3 heterocycles. The van der Waals surface area contributed by atoms with Crippen molar-refractivity contribution in [3.05, 3.63) is 35.1 Å². The molecule has 1 fully saturated rings. The Bertz CT molecular complexity index is 1050. The molecule has 2 aromatic heterocycles. The molecule has 0 spiro atoms. The number of ether oxygens (including phenoxy) is 2. The highest BCUT2D eigenvalue weighted by Crippen LogP contribution is 2.39. The fraction of sp³-hybridized carbons (Fsp3) is 0.476. The zero-order valence-electron chi connectivity index (χ0n) is 18.1. The number of fused-ring (bicyclic) bond motifs is 1. The number of anilines is 1. The van der Waals surface area contributed by atoms with E-state index in [2.05, 4.69) is 10.00 Å². The van der Waals surface area contributed by atoms with Crippen LogP contribution in [0.3, 0.4) is 0 Å². The number of nitrogens with zero attached hydrogens (tertiary/aromatic N) is 5. The molecule has 4 rings (SSSR count). The minimum atomic E-state index is -0.164. The van der Waals surface area contributed by atoms with Crippen LogP contribution in [0.1, 0.15) is 23.8 Å². The second kappa shape index (κ2) is 11.3. The molecule has 1 saturated heterocycles. The van der Waals surface area contributed by atoms with Crippen LogP contribution in [0.5, 0.6) is 5.75 Å². The molecule has 0 N–H and O–H groups in total. The minimum absolute atomic E-state index is 0. The van der Waals surface area contributed by atoms with Gasteiger partial charge in [0.1, 0.15) is 11.3 Å².